The highest BCUT2D eigenvalue weighted by atomic mass is 35.5. The smallest absolute Gasteiger partial charge is 0.339 e. The molecule has 1 fully saturated rings. The zero-order chi connectivity index (χ0) is 14.0. The van der Waals surface area contributed by atoms with Gasteiger partial charge in [0.2, 0.25) is 11.8 Å². The Morgan fingerprint density at radius 2 is 1.95 bits per heavy atom. The number of carbonyl (C=O) groups is 3. The third kappa shape index (κ3) is 2.61. The molecule has 1 aliphatic rings. The van der Waals surface area contributed by atoms with Crippen molar-refractivity contribution in [1.29, 1.82) is 0 Å². The molecule has 0 N–H and O–H groups in total. The van der Waals surface area contributed by atoms with Gasteiger partial charge in [-0.3, -0.25) is 14.5 Å². The molecule has 0 aromatic heterocycles. The molecule has 19 heavy (non-hydrogen) atoms. The average Bonchev–Trinajstić information content (AvgIpc) is 2.70. The fraction of sp³-hybridized carbons (Fsp3) is 0.308. The highest BCUT2D eigenvalue weighted by molar-refractivity contribution is 6.34. The number of ether oxygens (including phenoxy) is 1. The van der Waals surface area contributed by atoms with E-state index in [9.17, 15) is 14.4 Å². The number of amides is 2. The number of hydrogen-bond acceptors (Lipinski definition) is 4. The largest absolute Gasteiger partial charge is 0.462 e. The molecule has 6 heteroatoms. The van der Waals surface area contributed by atoms with E-state index in [-0.39, 0.29) is 41.8 Å². The van der Waals surface area contributed by atoms with Gasteiger partial charge in [0.1, 0.15) is 0 Å². The molecule has 0 aliphatic carbocycles. The Morgan fingerprint density at radius 1 is 1.32 bits per heavy atom. The molecule has 5 nitrogen and oxygen atoms in total. The standard InChI is InChI=1S/C13H12ClNO4/c1-2-19-13(18)9-7-8(3-4-10(9)14)15-11(16)5-6-12(15)17/h3-4,7H,2,5-6H2,1H3. The molecule has 2 amide bonds. The molecule has 2 rings (SSSR count). The van der Waals surface area contributed by atoms with Crippen LogP contribution in [0.15, 0.2) is 18.2 Å². The minimum atomic E-state index is -0.576. The molecule has 0 saturated carbocycles. The maximum absolute atomic E-state index is 11.7. The second-order valence-electron chi connectivity index (χ2n) is 4.01. The monoisotopic (exact) mass is 281 g/mol. The Kier molecular flexibility index (Phi) is 3.85. The maximum atomic E-state index is 11.7. The van der Waals surface area contributed by atoms with E-state index < -0.39 is 5.97 Å². The van der Waals surface area contributed by atoms with Crippen LogP contribution in [0.1, 0.15) is 30.1 Å². The zero-order valence-corrected chi connectivity index (χ0v) is 11.1. The SMILES string of the molecule is CCOC(=O)c1cc(N2C(=O)CCC2=O)ccc1Cl. The minimum absolute atomic E-state index is 0.147. The Labute approximate surface area is 115 Å². The van der Waals surface area contributed by atoms with Crippen LogP contribution >= 0.6 is 11.6 Å². The van der Waals surface area contributed by atoms with Crippen LogP contribution < -0.4 is 4.90 Å². The molecule has 1 aromatic rings. The Bertz CT molecular complexity index is 540. The summed E-state index contributed by atoms with van der Waals surface area (Å²) < 4.78 is 4.87. The summed E-state index contributed by atoms with van der Waals surface area (Å²) in [5.41, 5.74) is 0.494. The van der Waals surface area contributed by atoms with E-state index in [1.165, 1.54) is 18.2 Å². The van der Waals surface area contributed by atoms with Gasteiger partial charge in [0.05, 0.1) is 22.9 Å². The lowest BCUT2D eigenvalue weighted by atomic mass is 10.2. The first-order valence-electron chi connectivity index (χ1n) is 5.87. The van der Waals surface area contributed by atoms with Crippen molar-refractivity contribution in [2.45, 2.75) is 19.8 Å². The first-order chi connectivity index (χ1) is 9.04. The van der Waals surface area contributed by atoms with Crippen LogP contribution in [0.3, 0.4) is 0 Å². The Morgan fingerprint density at radius 3 is 2.53 bits per heavy atom. The van der Waals surface area contributed by atoms with Gasteiger partial charge in [0, 0.05) is 12.8 Å². The van der Waals surface area contributed by atoms with E-state index >= 15 is 0 Å². The summed E-state index contributed by atoms with van der Waals surface area (Å²) in [5.74, 6) is -1.13. The summed E-state index contributed by atoms with van der Waals surface area (Å²) in [5, 5.41) is 0.223. The predicted octanol–water partition coefficient (Wildman–Crippen LogP) is 2.17. The van der Waals surface area contributed by atoms with Crippen LogP contribution in [-0.2, 0) is 14.3 Å². The predicted molar refractivity (Wildman–Crippen MR) is 69.1 cm³/mol. The molecule has 0 unspecified atom stereocenters. The third-order valence-electron chi connectivity index (χ3n) is 2.76. The number of halogens is 1. The van der Waals surface area contributed by atoms with Crippen molar-refractivity contribution in [3.05, 3.63) is 28.8 Å². The molecule has 0 atom stereocenters. The average molecular weight is 282 g/mol. The molecular formula is C13H12ClNO4. The molecular weight excluding hydrogens is 270 g/mol. The number of esters is 1. The van der Waals surface area contributed by atoms with E-state index in [1.807, 2.05) is 0 Å². The lowest BCUT2D eigenvalue weighted by Crippen LogP contribution is -2.28. The van der Waals surface area contributed by atoms with Crippen molar-refractivity contribution in [2.75, 3.05) is 11.5 Å². The summed E-state index contributed by atoms with van der Waals surface area (Å²) in [6, 6.07) is 4.41. The summed E-state index contributed by atoms with van der Waals surface area (Å²) >= 11 is 5.92. The molecule has 1 saturated heterocycles. The van der Waals surface area contributed by atoms with Crippen LogP contribution in [0, 0.1) is 0 Å². The van der Waals surface area contributed by atoms with Crippen molar-refractivity contribution in [3.8, 4) is 0 Å². The number of anilines is 1. The van der Waals surface area contributed by atoms with Gasteiger partial charge in [-0.25, -0.2) is 4.79 Å². The van der Waals surface area contributed by atoms with Gasteiger partial charge in [-0.1, -0.05) is 11.6 Å². The van der Waals surface area contributed by atoms with Crippen LogP contribution in [0.2, 0.25) is 5.02 Å². The van der Waals surface area contributed by atoms with Crippen molar-refractivity contribution < 1.29 is 19.1 Å². The molecule has 1 aromatic carbocycles. The van der Waals surface area contributed by atoms with Gasteiger partial charge in [-0.2, -0.15) is 0 Å². The molecule has 1 heterocycles. The summed E-state index contributed by atoms with van der Waals surface area (Å²) in [7, 11) is 0. The Balaban J connectivity index is 2.38. The summed E-state index contributed by atoms with van der Waals surface area (Å²) in [4.78, 5) is 36.0. The number of hydrogen-bond donors (Lipinski definition) is 0. The third-order valence-corrected chi connectivity index (χ3v) is 3.08. The van der Waals surface area contributed by atoms with Gasteiger partial charge in [-0.05, 0) is 25.1 Å². The van der Waals surface area contributed by atoms with Crippen LogP contribution in [0.25, 0.3) is 0 Å². The van der Waals surface area contributed by atoms with Crippen molar-refractivity contribution in [3.63, 3.8) is 0 Å². The van der Waals surface area contributed by atoms with Crippen molar-refractivity contribution >= 4 is 35.1 Å². The van der Waals surface area contributed by atoms with Gasteiger partial charge in [-0.15, -0.1) is 0 Å². The quantitative estimate of drug-likeness (QED) is 0.629. The number of imide groups is 1. The summed E-state index contributed by atoms with van der Waals surface area (Å²) in [6.45, 7) is 1.91. The van der Waals surface area contributed by atoms with E-state index in [0.29, 0.717) is 5.69 Å². The van der Waals surface area contributed by atoms with Crippen LogP contribution in [-0.4, -0.2) is 24.4 Å². The van der Waals surface area contributed by atoms with Crippen LogP contribution in [0.5, 0.6) is 0 Å². The van der Waals surface area contributed by atoms with E-state index in [1.54, 1.807) is 6.92 Å². The fourth-order valence-electron chi connectivity index (χ4n) is 1.88. The lowest BCUT2D eigenvalue weighted by Gasteiger charge is -2.15. The number of benzene rings is 1. The van der Waals surface area contributed by atoms with E-state index in [0.717, 1.165) is 4.90 Å². The number of rotatable bonds is 3. The summed E-state index contributed by atoms with van der Waals surface area (Å²) in [6.07, 6.45) is 0.381. The van der Waals surface area contributed by atoms with E-state index in [2.05, 4.69) is 0 Å². The normalized spacial score (nSPS) is 14.9. The molecule has 0 spiro atoms. The highest BCUT2D eigenvalue weighted by Gasteiger charge is 2.31. The highest BCUT2D eigenvalue weighted by Crippen LogP contribution is 2.27. The van der Waals surface area contributed by atoms with Crippen LogP contribution in [0.4, 0.5) is 5.69 Å². The fourth-order valence-corrected chi connectivity index (χ4v) is 2.08. The molecule has 1 aliphatic heterocycles. The lowest BCUT2D eigenvalue weighted by molar-refractivity contribution is -0.121. The van der Waals surface area contributed by atoms with Crippen molar-refractivity contribution in [1.82, 2.24) is 0 Å². The number of carbonyl (C=O) groups excluding carboxylic acids is 3. The van der Waals surface area contributed by atoms with Gasteiger partial charge in [0.15, 0.2) is 0 Å². The molecule has 0 bridgehead atoms. The van der Waals surface area contributed by atoms with Gasteiger partial charge in [0.25, 0.3) is 0 Å². The second kappa shape index (κ2) is 5.40. The Hall–Kier alpha value is -1.88. The second-order valence-corrected chi connectivity index (χ2v) is 4.41. The van der Waals surface area contributed by atoms with Gasteiger partial charge < -0.3 is 4.74 Å². The maximum Gasteiger partial charge on any atom is 0.339 e. The van der Waals surface area contributed by atoms with Crippen molar-refractivity contribution in [2.24, 2.45) is 0 Å². The molecule has 0 radical (unpaired) electrons. The first kappa shape index (κ1) is 13.5. The zero-order valence-electron chi connectivity index (χ0n) is 10.3. The minimum Gasteiger partial charge on any atom is -0.462 e. The van der Waals surface area contributed by atoms with E-state index in [4.69, 9.17) is 16.3 Å². The molecule has 100 valence electrons. The topological polar surface area (TPSA) is 63.7 Å². The first-order valence-corrected chi connectivity index (χ1v) is 6.25. The number of nitrogens with zero attached hydrogens (tertiary/aromatic N) is 1. The van der Waals surface area contributed by atoms with Gasteiger partial charge >= 0.3 is 5.97 Å².